The first kappa shape index (κ1) is 16.6. The number of carbonyl (C=O) groups is 1. The Morgan fingerprint density at radius 1 is 1.32 bits per heavy atom. The standard InChI is InChI=1S/C15H18N2O3S2/c1-15(2,3)22(19,20)9-11-5-4-6-12(7-11)17-14(18)13-8-21-10-16-13/h4-8,10H,9H2,1-3H3,(H,17,18). The van der Waals surface area contributed by atoms with Crippen LogP contribution in [0.15, 0.2) is 35.2 Å². The summed E-state index contributed by atoms with van der Waals surface area (Å²) in [5.41, 5.74) is 3.13. The van der Waals surface area contributed by atoms with Crippen LogP contribution >= 0.6 is 11.3 Å². The maximum absolute atomic E-state index is 12.2. The highest BCUT2D eigenvalue weighted by molar-refractivity contribution is 7.91. The van der Waals surface area contributed by atoms with Crippen molar-refractivity contribution in [3.63, 3.8) is 0 Å². The number of aromatic nitrogens is 1. The molecule has 7 heteroatoms. The van der Waals surface area contributed by atoms with E-state index in [0.29, 0.717) is 16.9 Å². The molecule has 2 rings (SSSR count). The molecule has 1 aromatic carbocycles. The number of nitrogens with zero attached hydrogens (tertiary/aromatic N) is 1. The van der Waals surface area contributed by atoms with Gasteiger partial charge in [-0.1, -0.05) is 12.1 Å². The van der Waals surface area contributed by atoms with Crippen LogP contribution in [-0.4, -0.2) is 24.1 Å². The van der Waals surface area contributed by atoms with E-state index in [1.165, 1.54) is 11.3 Å². The summed E-state index contributed by atoms with van der Waals surface area (Å²) in [5, 5.41) is 4.38. The summed E-state index contributed by atoms with van der Waals surface area (Å²) >= 11 is 1.34. The summed E-state index contributed by atoms with van der Waals surface area (Å²) in [6, 6.07) is 6.86. The Morgan fingerprint density at radius 2 is 2.05 bits per heavy atom. The number of thiazole rings is 1. The molecule has 22 heavy (non-hydrogen) atoms. The van der Waals surface area contributed by atoms with Crippen LogP contribution in [0, 0.1) is 0 Å². The summed E-state index contributed by atoms with van der Waals surface area (Å²) in [6.07, 6.45) is 0. The molecule has 0 aliphatic heterocycles. The van der Waals surface area contributed by atoms with E-state index in [1.54, 1.807) is 55.9 Å². The summed E-state index contributed by atoms with van der Waals surface area (Å²) in [4.78, 5) is 15.9. The van der Waals surface area contributed by atoms with Gasteiger partial charge in [0.15, 0.2) is 9.84 Å². The van der Waals surface area contributed by atoms with Gasteiger partial charge in [0.2, 0.25) is 0 Å². The second kappa shape index (κ2) is 6.18. The predicted octanol–water partition coefficient (Wildman–Crippen LogP) is 3.11. The summed E-state index contributed by atoms with van der Waals surface area (Å²) < 4.78 is 23.7. The van der Waals surface area contributed by atoms with E-state index in [4.69, 9.17) is 0 Å². The van der Waals surface area contributed by atoms with Gasteiger partial charge in [-0.25, -0.2) is 13.4 Å². The van der Waals surface area contributed by atoms with Crippen molar-refractivity contribution in [3.8, 4) is 0 Å². The van der Waals surface area contributed by atoms with Crippen molar-refractivity contribution in [3.05, 3.63) is 46.4 Å². The van der Waals surface area contributed by atoms with E-state index in [1.807, 2.05) is 0 Å². The topological polar surface area (TPSA) is 76.1 Å². The maximum atomic E-state index is 12.2. The summed E-state index contributed by atoms with van der Waals surface area (Å²) in [6.45, 7) is 5.03. The number of rotatable bonds is 4. The third kappa shape index (κ3) is 3.92. The van der Waals surface area contributed by atoms with Crippen LogP contribution in [0.3, 0.4) is 0 Å². The molecule has 5 nitrogen and oxygen atoms in total. The summed E-state index contributed by atoms with van der Waals surface area (Å²) in [5.74, 6) is -0.367. The van der Waals surface area contributed by atoms with E-state index in [0.717, 1.165) is 0 Å². The monoisotopic (exact) mass is 338 g/mol. The van der Waals surface area contributed by atoms with Gasteiger partial charge in [0.05, 0.1) is 16.0 Å². The highest BCUT2D eigenvalue weighted by Crippen LogP contribution is 2.22. The Balaban J connectivity index is 2.16. The van der Waals surface area contributed by atoms with Gasteiger partial charge in [-0.05, 0) is 38.5 Å². The van der Waals surface area contributed by atoms with Crippen LogP contribution in [0.1, 0.15) is 36.8 Å². The van der Waals surface area contributed by atoms with Gasteiger partial charge in [0, 0.05) is 11.1 Å². The molecule has 0 aliphatic carbocycles. The van der Waals surface area contributed by atoms with Crippen LogP contribution in [0.4, 0.5) is 5.69 Å². The van der Waals surface area contributed by atoms with Crippen LogP contribution < -0.4 is 5.32 Å². The minimum absolute atomic E-state index is 0.0586. The average molecular weight is 338 g/mol. The normalized spacial score (nSPS) is 12.1. The van der Waals surface area contributed by atoms with Crippen LogP contribution in [0.2, 0.25) is 0 Å². The van der Waals surface area contributed by atoms with Gasteiger partial charge in [-0.15, -0.1) is 11.3 Å². The first-order chi connectivity index (χ1) is 10.2. The fourth-order valence-electron chi connectivity index (χ4n) is 1.69. The number of benzene rings is 1. The van der Waals surface area contributed by atoms with E-state index in [2.05, 4.69) is 10.3 Å². The Kier molecular flexibility index (Phi) is 4.67. The van der Waals surface area contributed by atoms with Crippen LogP contribution in [0.25, 0.3) is 0 Å². The molecule has 1 N–H and O–H groups in total. The molecule has 1 amide bonds. The van der Waals surface area contributed by atoms with Gasteiger partial charge in [-0.2, -0.15) is 0 Å². The van der Waals surface area contributed by atoms with Crippen molar-refractivity contribution < 1.29 is 13.2 Å². The lowest BCUT2D eigenvalue weighted by atomic mass is 10.2. The van der Waals surface area contributed by atoms with E-state index >= 15 is 0 Å². The zero-order valence-electron chi connectivity index (χ0n) is 12.7. The van der Waals surface area contributed by atoms with E-state index in [-0.39, 0.29) is 11.7 Å². The molecule has 0 atom stereocenters. The SMILES string of the molecule is CC(C)(C)S(=O)(=O)Cc1cccc(NC(=O)c2cscn2)c1. The van der Waals surface area contributed by atoms with Crippen molar-refractivity contribution in [2.75, 3.05) is 5.32 Å². The van der Waals surface area contributed by atoms with Crippen molar-refractivity contribution in [1.29, 1.82) is 0 Å². The largest absolute Gasteiger partial charge is 0.321 e. The molecule has 0 saturated heterocycles. The van der Waals surface area contributed by atoms with Gasteiger partial charge >= 0.3 is 0 Å². The zero-order chi connectivity index (χ0) is 16.4. The lowest BCUT2D eigenvalue weighted by Gasteiger charge is -2.19. The van der Waals surface area contributed by atoms with Crippen molar-refractivity contribution in [2.45, 2.75) is 31.3 Å². The van der Waals surface area contributed by atoms with Gasteiger partial charge in [-0.3, -0.25) is 4.79 Å². The molecular weight excluding hydrogens is 320 g/mol. The Labute approximate surface area is 134 Å². The van der Waals surface area contributed by atoms with E-state index in [9.17, 15) is 13.2 Å². The third-order valence-corrected chi connectivity index (χ3v) is 6.31. The minimum Gasteiger partial charge on any atom is -0.321 e. The molecular formula is C15H18N2O3S2. The number of carbonyl (C=O) groups excluding carboxylic acids is 1. The average Bonchev–Trinajstić information content (AvgIpc) is 2.91. The third-order valence-electron chi connectivity index (χ3n) is 3.14. The summed E-state index contributed by atoms with van der Waals surface area (Å²) in [7, 11) is -3.26. The number of anilines is 1. The van der Waals surface area contributed by atoms with Crippen molar-refractivity contribution >= 4 is 32.8 Å². The molecule has 0 saturated carbocycles. The van der Waals surface area contributed by atoms with Gasteiger partial charge < -0.3 is 5.32 Å². The fraction of sp³-hybridized carbons (Fsp3) is 0.333. The first-order valence-electron chi connectivity index (χ1n) is 6.70. The highest BCUT2D eigenvalue weighted by Gasteiger charge is 2.29. The molecule has 1 aromatic heterocycles. The Morgan fingerprint density at radius 3 is 2.64 bits per heavy atom. The Bertz CT molecular complexity index is 760. The second-order valence-corrected chi connectivity index (χ2v) is 9.36. The number of hydrogen-bond acceptors (Lipinski definition) is 5. The molecule has 0 bridgehead atoms. The molecule has 0 unspecified atom stereocenters. The number of nitrogens with one attached hydrogen (secondary N) is 1. The van der Waals surface area contributed by atoms with Crippen molar-refractivity contribution in [1.82, 2.24) is 4.98 Å². The Hall–Kier alpha value is -1.73. The number of amides is 1. The van der Waals surface area contributed by atoms with E-state index < -0.39 is 14.6 Å². The minimum atomic E-state index is -3.26. The molecule has 0 fully saturated rings. The number of sulfone groups is 1. The van der Waals surface area contributed by atoms with Crippen LogP contribution in [-0.2, 0) is 15.6 Å². The van der Waals surface area contributed by atoms with Gasteiger partial charge in [0.1, 0.15) is 5.69 Å². The lowest BCUT2D eigenvalue weighted by Crippen LogP contribution is -2.29. The van der Waals surface area contributed by atoms with Crippen molar-refractivity contribution in [2.24, 2.45) is 0 Å². The molecule has 118 valence electrons. The van der Waals surface area contributed by atoms with Crippen LogP contribution in [0.5, 0.6) is 0 Å². The predicted molar refractivity (Wildman–Crippen MR) is 88.9 cm³/mol. The molecule has 0 aliphatic rings. The quantitative estimate of drug-likeness (QED) is 0.929. The molecule has 0 radical (unpaired) electrons. The molecule has 0 spiro atoms. The molecule has 1 heterocycles. The smallest absolute Gasteiger partial charge is 0.275 e. The molecule has 2 aromatic rings. The first-order valence-corrected chi connectivity index (χ1v) is 9.29. The number of hydrogen-bond donors (Lipinski definition) is 1. The fourth-order valence-corrected chi connectivity index (χ4v) is 3.28. The highest BCUT2D eigenvalue weighted by atomic mass is 32.2. The maximum Gasteiger partial charge on any atom is 0.275 e. The lowest BCUT2D eigenvalue weighted by molar-refractivity contribution is 0.102. The second-order valence-electron chi connectivity index (χ2n) is 5.90. The van der Waals surface area contributed by atoms with Gasteiger partial charge in [0.25, 0.3) is 5.91 Å². The zero-order valence-corrected chi connectivity index (χ0v) is 14.3.